The zero-order chi connectivity index (χ0) is 19.2. The molecule has 0 aliphatic carbocycles. The Kier molecular flexibility index (Phi) is 6.11. The van der Waals surface area contributed by atoms with Crippen LogP contribution in [0.1, 0.15) is 24.7 Å². The van der Waals surface area contributed by atoms with Crippen LogP contribution in [0.4, 0.5) is 4.79 Å². The molecule has 1 saturated heterocycles. The van der Waals surface area contributed by atoms with Gasteiger partial charge in [-0.1, -0.05) is 37.3 Å². The van der Waals surface area contributed by atoms with Crippen molar-refractivity contribution in [3.05, 3.63) is 54.1 Å². The van der Waals surface area contributed by atoms with E-state index < -0.39 is 5.97 Å². The summed E-state index contributed by atoms with van der Waals surface area (Å²) in [5, 5.41) is 12.1. The Balaban J connectivity index is 1.50. The monoisotopic (exact) mass is 370 g/mol. The van der Waals surface area contributed by atoms with Crippen molar-refractivity contribution in [3.8, 4) is 0 Å². The lowest BCUT2D eigenvalue weighted by Crippen LogP contribution is -2.48. The normalized spacial score (nSPS) is 19.7. The maximum atomic E-state index is 12.4. The van der Waals surface area contributed by atoms with Crippen molar-refractivity contribution in [2.75, 3.05) is 13.1 Å². The summed E-state index contributed by atoms with van der Waals surface area (Å²) < 4.78 is 2.05. The van der Waals surface area contributed by atoms with E-state index in [-0.39, 0.29) is 17.9 Å². The second-order valence-electron chi connectivity index (χ2n) is 7.09. The standard InChI is InChI=1S/C20H26N4O3/c1-15-14-24(11-8-17(15)19(25)26)20(27)22-13-18-21-9-12-23(18)10-7-16-5-3-2-4-6-16/h2-6,9,12,15,17H,7-8,10-11,13-14H2,1H3,(H,22,27)(H,25,26). The number of aliphatic carboxylic acids is 1. The minimum Gasteiger partial charge on any atom is -0.481 e. The summed E-state index contributed by atoms with van der Waals surface area (Å²) in [6.45, 7) is 3.97. The fraction of sp³-hybridized carbons (Fsp3) is 0.450. The number of piperidine rings is 1. The predicted octanol–water partition coefficient (Wildman–Crippen LogP) is 2.38. The molecule has 0 saturated carbocycles. The quantitative estimate of drug-likeness (QED) is 0.817. The van der Waals surface area contributed by atoms with Crippen LogP contribution in [0.5, 0.6) is 0 Å². The summed E-state index contributed by atoms with van der Waals surface area (Å²) in [5.41, 5.74) is 1.26. The lowest BCUT2D eigenvalue weighted by Gasteiger charge is -2.34. The molecule has 1 aliphatic heterocycles. The van der Waals surface area contributed by atoms with Crippen LogP contribution in [0.15, 0.2) is 42.7 Å². The highest BCUT2D eigenvalue weighted by atomic mass is 16.4. The van der Waals surface area contributed by atoms with E-state index in [1.165, 1.54) is 5.56 Å². The number of aromatic nitrogens is 2. The van der Waals surface area contributed by atoms with Crippen molar-refractivity contribution in [3.63, 3.8) is 0 Å². The first-order chi connectivity index (χ1) is 13.0. The highest BCUT2D eigenvalue weighted by molar-refractivity contribution is 5.75. The van der Waals surface area contributed by atoms with Gasteiger partial charge in [-0.25, -0.2) is 9.78 Å². The summed E-state index contributed by atoms with van der Waals surface area (Å²) in [5.74, 6) is -0.378. The molecule has 144 valence electrons. The third kappa shape index (κ3) is 4.87. The number of nitrogens with one attached hydrogen (secondary N) is 1. The first-order valence-corrected chi connectivity index (χ1v) is 9.34. The average Bonchev–Trinajstić information content (AvgIpc) is 3.12. The Labute approximate surface area is 159 Å². The number of likely N-dealkylation sites (tertiary alicyclic amines) is 1. The van der Waals surface area contributed by atoms with Gasteiger partial charge in [0.1, 0.15) is 5.82 Å². The molecule has 1 aliphatic rings. The molecule has 2 unspecified atom stereocenters. The molecule has 0 bridgehead atoms. The minimum absolute atomic E-state index is 0.0464. The molecule has 0 spiro atoms. The SMILES string of the molecule is CC1CN(C(=O)NCc2nccn2CCc2ccccc2)CCC1C(=O)O. The van der Waals surface area contributed by atoms with Gasteiger partial charge in [0.2, 0.25) is 0 Å². The molecule has 27 heavy (non-hydrogen) atoms. The van der Waals surface area contributed by atoms with Crippen molar-refractivity contribution < 1.29 is 14.7 Å². The number of benzene rings is 1. The fourth-order valence-electron chi connectivity index (χ4n) is 3.57. The second-order valence-corrected chi connectivity index (χ2v) is 7.09. The molecule has 1 fully saturated rings. The summed E-state index contributed by atoms with van der Waals surface area (Å²) in [6.07, 6.45) is 5.06. The molecule has 1 aromatic heterocycles. The van der Waals surface area contributed by atoms with Gasteiger partial charge in [0.15, 0.2) is 0 Å². The van der Waals surface area contributed by atoms with E-state index in [9.17, 15) is 14.7 Å². The molecule has 7 heteroatoms. The first-order valence-electron chi connectivity index (χ1n) is 9.34. The number of rotatable bonds is 6. The van der Waals surface area contributed by atoms with E-state index in [0.717, 1.165) is 18.8 Å². The third-order valence-corrected chi connectivity index (χ3v) is 5.19. The number of carboxylic acids is 1. The van der Waals surface area contributed by atoms with E-state index in [4.69, 9.17) is 0 Å². The Morgan fingerprint density at radius 1 is 1.30 bits per heavy atom. The molecule has 2 amide bonds. The van der Waals surface area contributed by atoms with Crippen LogP contribution in [0, 0.1) is 11.8 Å². The maximum absolute atomic E-state index is 12.4. The lowest BCUT2D eigenvalue weighted by molar-refractivity contribution is -0.145. The Morgan fingerprint density at radius 3 is 2.78 bits per heavy atom. The number of amides is 2. The van der Waals surface area contributed by atoms with Crippen molar-refractivity contribution in [2.24, 2.45) is 11.8 Å². The predicted molar refractivity (Wildman–Crippen MR) is 101 cm³/mol. The summed E-state index contributed by atoms with van der Waals surface area (Å²) in [7, 11) is 0. The molecule has 2 atom stereocenters. The van der Waals surface area contributed by atoms with Crippen molar-refractivity contribution in [2.45, 2.75) is 32.9 Å². The van der Waals surface area contributed by atoms with Gasteiger partial charge in [-0.2, -0.15) is 0 Å². The molecule has 1 aromatic carbocycles. The smallest absolute Gasteiger partial charge is 0.317 e. The first kappa shape index (κ1) is 18.9. The second kappa shape index (κ2) is 8.70. The largest absolute Gasteiger partial charge is 0.481 e. The summed E-state index contributed by atoms with van der Waals surface area (Å²) >= 11 is 0. The van der Waals surface area contributed by atoms with Crippen LogP contribution >= 0.6 is 0 Å². The lowest BCUT2D eigenvalue weighted by atomic mass is 9.87. The fourth-order valence-corrected chi connectivity index (χ4v) is 3.57. The number of hydrogen-bond acceptors (Lipinski definition) is 3. The number of aryl methyl sites for hydroxylation is 2. The average molecular weight is 370 g/mol. The van der Waals surface area contributed by atoms with Crippen molar-refractivity contribution in [1.82, 2.24) is 19.8 Å². The van der Waals surface area contributed by atoms with E-state index in [1.54, 1.807) is 11.1 Å². The van der Waals surface area contributed by atoms with Crippen LogP contribution in [-0.4, -0.2) is 44.6 Å². The Bertz CT molecular complexity index is 775. The van der Waals surface area contributed by atoms with Gasteiger partial charge in [0, 0.05) is 32.0 Å². The third-order valence-electron chi connectivity index (χ3n) is 5.19. The van der Waals surface area contributed by atoms with Crippen LogP contribution in [0.3, 0.4) is 0 Å². The van der Waals surface area contributed by atoms with Crippen LogP contribution in [0.25, 0.3) is 0 Å². The van der Waals surface area contributed by atoms with Gasteiger partial charge in [-0.05, 0) is 24.3 Å². The van der Waals surface area contributed by atoms with Crippen LogP contribution in [0.2, 0.25) is 0 Å². The summed E-state index contributed by atoms with van der Waals surface area (Å²) in [6, 6.07) is 10.1. The van der Waals surface area contributed by atoms with Gasteiger partial charge < -0.3 is 19.9 Å². The number of carbonyl (C=O) groups excluding carboxylic acids is 1. The molecule has 2 aromatic rings. The maximum Gasteiger partial charge on any atom is 0.317 e. The van der Waals surface area contributed by atoms with E-state index in [2.05, 4.69) is 22.4 Å². The van der Waals surface area contributed by atoms with Gasteiger partial charge >= 0.3 is 12.0 Å². The van der Waals surface area contributed by atoms with Crippen molar-refractivity contribution >= 4 is 12.0 Å². The molecular weight excluding hydrogens is 344 g/mol. The van der Waals surface area contributed by atoms with Crippen LogP contribution < -0.4 is 5.32 Å². The highest BCUT2D eigenvalue weighted by Crippen LogP contribution is 2.23. The van der Waals surface area contributed by atoms with Gasteiger partial charge in [0.05, 0.1) is 12.5 Å². The zero-order valence-corrected chi connectivity index (χ0v) is 15.5. The number of carboxylic acid groups (broad SMARTS) is 1. The summed E-state index contributed by atoms with van der Waals surface area (Å²) in [4.78, 5) is 29.7. The van der Waals surface area contributed by atoms with E-state index in [0.29, 0.717) is 26.1 Å². The molecule has 0 radical (unpaired) electrons. The van der Waals surface area contributed by atoms with E-state index in [1.807, 2.05) is 35.9 Å². The number of nitrogens with zero attached hydrogens (tertiary/aromatic N) is 3. The highest BCUT2D eigenvalue weighted by Gasteiger charge is 2.32. The molecular formula is C20H26N4O3. The van der Waals surface area contributed by atoms with Gasteiger partial charge in [0.25, 0.3) is 0 Å². The zero-order valence-electron chi connectivity index (χ0n) is 15.5. The molecule has 3 rings (SSSR count). The minimum atomic E-state index is -0.775. The van der Waals surface area contributed by atoms with E-state index >= 15 is 0 Å². The number of hydrogen-bond donors (Lipinski definition) is 2. The Morgan fingerprint density at radius 2 is 2.07 bits per heavy atom. The number of urea groups is 1. The molecule has 7 nitrogen and oxygen atoms in total. The van der Waals surface area contributed by atoms with Crippen molar-refractivity contribution in [1.29, 1.82) is 0 Å². The Hall–Kier alpha value is -2.83. The topological polar surface area (TPSA) is 87.5 Å². The van der Waals surface area contributed by atoms with Crippen LogP contribution in [-0.2, 0) is 24.3 Å². The van der Waals surface area contributed by atoms with Gasteiger partial charge in [-0.15, -0.1) is 0 Å². The number of imidazole rings is 1. The molecule has 2 heterocycles. The van der Waals surface area contributed by atoms with Gasteiger partial charge in [-0.3, -0.25) is 4.79 Å². The molecule has 2 N–H and O–H groups in total. The number of carbonyl (C=O) groups is 2.